The first-order chi connectivity index (χ1) is 16.5. The number of nitrogen functional groups attached to an aromatic ring is 1. The van der Waals surface area contributed by atoms with Crippen LogP contribution < -0.4 is 16.6 Å². The number of carboxylic acids is 1. The second-order valence-electron chi connectivity index (χ2n) is 8.13. The van der Waals surface area contributed by atoms with Gasteiger partial charge in [0.1, 0.15) is 24.4 Å². The minimum Gasteiger partial charge on any atom is -0.480 e. The molecule has 16 heteroatoms. The molecule has 0 radical (unpaired) electrons. The summed E-state index contributed by atoms with van der Waals surface area (Å²) in [4.78, 5) is 45.8. The van der Waals surface area contributed by atoms with Crippen LogP contribution in [0.25, 0.3) is 11.2 Å². The molecule has 9 N–H and O–H groups in total. The van der Waals surface area contributed by atoms with Gasteiger partial charge in [0.05, 0.1) is 25.6 Å². The summed E-state index contributed by atoms with van der Waals surface area (Å²) in [5.74, 6) is -2.37. The molecule has 16 nitrogen and oxygen atoms in total. The number of aromatic nitrogens is 4. The third-order valence-corrected chi connectivity index (χ3v) is 5.48. The molecular weight excluding hydrogens is 472 g/mol. The molecule has 0 saturated carbocycles. The maximum atomic E-state index is 12.2. The SMILES string of the molecule is C[C@@H]1O[C@H](OCCCC(=O)N[C@H](C(=O)O)[C@@H](O)Cn2cnc3c(=O)[nH]c(N)nc32)[C@@H](O)[C@H](O)[C@@H]1O. The van der Waals surface area contributed by atoms with Gasteiger partial charge < -0.3 is 50.6 Å². The lowest BCUT2D eigenvalue weighted by molar-refractivity contribution is -0.293. The van der Waals surface area contributed by atoms with E-state index in [9.17, 15) is 39.9 Å². The first kappa shape index (κ1) is 26.5. The lowest BCUT2D eigenvalue weighted by Gasteiger charge is -2.38. The summed E-state index contributed by atoms with van der Waals surface area (Å²) in [5, 5.41) is 51.5. The van der Waals surface area contributed by atoms with Crippen LogP contribution in [0.4, 0.5) is 5.95 Å². The number of carbonyl (C=O) groups excluding carboxylic acids is 1. The average Bonchev–Trinajstić information content (AvgIpc) is 3.19. The van der Waals surface area contributed by atoms with Crippen LogP contribution in [0.1, 0.15) is 19.8 Å². The summed E-state index contributed by atoms with van der Waals surface area (Å²) in [5.41, 5.74) is 4.90. The minimum atomic E-state index is -1.68. The number of fused-ring (bicyclic) bond motifs is 1. The second-order valence-corrected chi connectivity index (χ2v) is 8.13. The molecule has 2 aromatic rings. The molecule has 0 spiro atoms. The number of carboxylic acid groups (broad SMARTS) is 1. The third-order valence-electron chi connectivity index (χ3n) is 5.48. The van der Waals surface area contributed by atoms with E-state index in [1.165, 1.54) is 17.8 Å². The molecule has 7 atom stereocenters. The predicted octanol–water partition coefficient (Wildman–Crippen LogP) is -3.74. The monoisotopic (exact) mass is 500 g/mol. The molecule has 1 aliphatic rings. The summed E-state index contributed by atoms with van der Waals surface area (Å²) in [6.45, 7) is 1.07. The summed E-state index contributed by atoms with van der Waals surface area (Å²) in [6, 6.07) is -1.68. The molecule has 1 amide bonds. The van der Waals surface area contributed by atoms with E-state index in [-0.39, 0.29) is 43.1 Å². The number of imidazole rings is 1. The molecule has 1 saturated heterocycles. The molecular formula is C19H28N6O10. The molecule has 3 heterocycles. The van der Waals surface area contributed by atoms with Crippen LogP contribution >= 0.6 is 0 Å². The normalized spacial score (nSPS) is 26.4. The molecule has 35 heavy (non-hydrogen) atoms. The van der Waals surface area contributed by atoms with Crippen molar-refractivity contribution in [3.63, 3.8) is 0 Å². The number of nitrogens with zero attached hydrogens (tertiary/aromatic N) is 3. The molecule has 0 unspecified atom stereocenters. The number of aliphatic carboxylic acids is 1. The van der Waals surface area contributed by atoms with E-state index in [1.54, 1.807) is 0 Å². The van der Waals surface area contributed by atoms with Crippen LogP contribution in [0.2, 0.25) is 0 Å². The zero-order chi connectivity index (χ0) is 25.9. The van der Waals surface area contributed by atoms with Crippen LogP contribution in [-0.2, 0) is 25.6 Å². The highest BCUT2D eigenvalue weighted by molar-refractivity contribution is 5.84. The molecule has 1 aliphatic heterocycles. The van der Waals surface area contributed by atoms with Gasteiger partial charge in [-0.25, -0.2) is 9.78 Å². The van der Waals surface area contributed by atoms with Crippen molar-refractivity contribution in [2.24, 2.45) is 0 Å². The number of aliphatic hydroxyl groups excluding tert-OH is 4. The smallest absolute Gasteiger partial charge is 0.329 e. The number of hydrogen-bond donors (Lipinski definition) is 8. The highest BCUT2D eigenvalue weighted by Crippen LogP contribution is 2.22. The van der Waals surface area contributed by atoms with E-state index in [4.69, 9.17) is 15.2 Å². The Morgan fingerprint density at radius 3 is 2.71 bits per heavy atom. The van der Waals surface area contributed by atoms with Gasteiger partial charge in [-0.2, -0.15) is 4.98 Å². The number of nitrogens with two attached hydrogens (primary N) is 1. The fourth-order valence-corrected chi connectivity index (χ4v) is 3.56. The van der Waals surface area contributed by atoms with Gasteiger partial charge in [-0.1, -0.05) is 0 Å². The third kappa shape index (κ3) is 6.11. The van der Waals surface area contributed by atoms with Gasteiger partial charge >= 0.3 is 5.97 Å². The zero-order valence-corrected chi connectivity index (χ0v) is 18.6. The lowest BCUT2D eigenvalue weighted by atomic mass is 10.0. The Balaban J connectivity index is 1.51. The van der Waals surface area contributed by atoms with Crippen LogP contribution in [0, 0.1) is 0 Å². The molecule has 0 aliphatic carbocycles. The number of ether oxygens (including phenoxy) is 2. The summed E-state index contributed by atoms with van der Waals surface area (Å²) < 4.78 is 11.8. The van der Waals surface area contributed by atoms with Crippen LogP contribution in [0.15, 0.2) is 11.1 Å². The van der Waals surface area contributed by atoms with Crippen LogP contribution in [0.3, 0.4) is 0 Å². The van der Waals surface area contributed by atoms with Crippen LogP contribution in [0.5, 0.6) is 0 Å². The van der Waals surface area contributed by atoms with Gasteiger partial charge in [0.2, 0.25) is 11.9 Å². The Kier molecular flexibility index (Phi) is 8.36. The Morgan fingerprint density at radius 1 is 1.31 bits per heavy atom. The van der Waals surface area contributed by atoms with Crippen molar-refractivity contribution in [3.8, 4) is 0 Å². The number of H-pyrrole nitrogens is 1. The Hall–Kier alpha value is -3.15. The van der Waals surface area contributed by atoms with Crippen molar-refractivity contribution in [1.82, 2.24) is 24.8 Å². The van der Waals surface area contributed by atoms with Gasteiger partial charge in [-0.15, -0.1) is 0 Å². The maximum absolute atomic E-state index is 12.2. The minimum absolute atomic E-state index is 0.0389. The number of nitrogens with one attached hydrogen (secondary N) is 2. The first-order valence-electron chi connectivity index (χ1n) is 10.7. The van der Waals surface area contributed by atoms with E-state index in [2.05, 4.69) is 20.3 Å². The quantitative estimate of drug-likeness (QED) is 0.146. The second kappa shape index (κ2) is 11.1. The fraction of sp³-hybridized carbons (Fsp3) is 0.632. The van der Waals surface area contributed by atoms with Crippen molar-refractivity contribution < 1.29 is 44.6 Å². The Morgan fingerprint density at radius 2 is 2.03 bits per heavy atom. The summed E-state index contributed by atoms with van der Waals surface area (Å²) >= 11 is 0. The van der Waals surface area contributed by atoms with E-state index in [1.807, 2.05) is 0 Å². The Bertz CT molecular complexity index is 1110. The van der Waals surface area contributed by atoms with E-state index >= 15 is 0 Å². The Labute approximate surface area is 197 Å². The molecule has 1 fully saturated rings. The average molecular weight is 500 g/mol. The topological polar surface area (TPSA) is 255 Å². The molecule has 3 rings (SSSR count). The number of aliphatic hydroxyl groups is 4. The van der Waals surface area contributed by atoms with Crippen LogP contribution in [-0.4, -0.2) is 106 Å². The number of rotatable bonds is 10. The molecule has 0 aromatic carbocycles. The van der Waals surface area contributed by atoms with Crippen molar-refractivity contribution in [2.75, 3.05) is 12.3 Å². The van der Waals surface area contributed by atoms with Crippen molar-refractivity contribution >= 4 is 29.0 Å². The maximum Gasteiger partial charge on any atom is 0.329 e. The van der Waals surface area contributed by atoms with Gasteiger partial charge in [0.25, 0.3) is 5.56 Å². The summed E-state index contributed by atoms with van der Waals surface area (Å²) in [6.07, 6.45) is -6.70. The molecule has 2 aromatic heterocycles. The lowest BCUT2D eigenvalue weighted by Crippen LogP contribution is -2.57. The highest BCUT2D eigenvalue weighted by Gasteiger charge is 2.42. The fourth-order valence-electron chi connectivity index (χ4n) is 3.56. The number of hydrogen-bond acceptors (Lipinski definition) is 12. The standard InChI is InChI=1S/C19H28N6O10/c1-7-12(28)13(29)14(30)18(35-7)34-4-2-3-9(27)22-10(17(32)33)8(26)5-25-6-21-11-15(25)23-19(20)24-16(11)31/h6-8,10,12-14,18,26,28-30H,2-5H2,1H3,(H,22,27)(H,32,33)(H3,20,23,24,31)/t7-,8-,10-,12+,13+,14-,18-/m0/s1. The molecule has 0 bridgehead atoms. The highest BCUT2D eigenvalue weighted by atomic mass is 16.7. The number of anilines is 1. The van der Waals surface area contributed by atoms with E-state index < -0.39 is 60.3 Å². The summed E-state index contributed by atoms with van der Waals surface area (Å²) in [7, 11) is 0. The largest absolute Gasteiger partial charge is 0.480 e. The number of aromatic amines is 1. The van der Waals surface area contributed by atoms with Gasteiger partial charge in [-0.3, -0.25) is 14.6 Å². The van der Waals surface area contributed by atoms with Crippen molar-refractivity contribution in [3.05, 3.63) is 16.7 Å². The van der Waals surface area contributed by atoms with Gasteiger partial charge in [0.15, 0.2) is 23.5 Å². The zero-order valence-electron chi connectivity index (χ0n) is 18.6. The van der Waals surface area contributed by atoms with Crippen molar-refractivity contribution in [2.45, 2.75) is 69.2 Å². The molecule has 194 valence electrons. The van der Waals surface area contributed by atoms with Crippen molar-refractivity contribution in [1.29, 1.82) is 0 Å². The number of amides is 1. The van der Waals surface area contributed by atoms with Gasteiger partial charge in [0, 0.05) is 6.42 Å². The first-order valence-corrected chi connectivity index (χ1v) is 10.7. The van der Waals surface area contributed by atoms with E-state index in [0.717, 1.165) is 0 Å². The van der Waals surface area contributed by atoms with E-state index in [0.29, 0.717) is 0 Å². The number of carbonyl (C=O) groups is 2. The van der Waals surface area contributed by atoms with Gasteiger partial charge in [-0.05, 0) is 13.3 Å². The predicted molar refractivity (Wildman–Crippen MR) is 116 cm³/mol.